The van der Waals surface area contributed by atoms with Crippen LogP contribution in [-0.2, 0) is 0 Å². The Labute approximate surface area is 102 Å². The SMILES string of the molecule is CNC1CCCN(c2ccc3[nH]ccc3c2)C1. The number of H-pyrrole nitrogens is 1. The molecule has 1 aliphatic heterocycles. The van der Waals surface area contributed by atoms with Gasteiger partial charge in [-0.2, -0.15) is 0 Å². The van der Waals surface area contributed by atoms with Gasteiger partial charge in [-0.1, -0.05) is 0 Å². The number of aromatic nitrogens is 1. The third-order valence-corrected chi connectivity index (χ3v) is 3.73. The third-order valence-electron chi connectivity index (χ3n) is 3.73. The first kappa shape index (κ1) is 10.7. The van der Waals surface area contributed by atoms with Crippen LogP contribution in [0.1, 0.15) is 12.8 Å². The topological polar surface area (TPSA) is 31.1 Å². The van der Waals surface area contributed by atoms with E-state index in [2.05, 4.69) is 46.5 Å². The van der Waals surface area contributed by atoms with Crippen LogP contribution in [0.5, 0.6) is 0 Å². The van der Waals surface area contributed by atoms with E-state index in [0.717, 1.165) is 6.54 Å². The second kappa shape index (κ2) is 4.41. The van der Waals surface area contributed by atoms with E-state index in [-0.39, 0.29) is 0 Å². The molecule has 0 aliphatic carbocycles. The van der Waals surface area contributed by atoms with Crippen molar-refractivity contribution in [1.82, 2.24) is 10.3 Å². The van der Waals surface area contributed by atoms with Crippen LogP contribution in [-0.4, -0.2) is 31.2 Å². The Morgan fingerprint density at radius 1 is 1.35 bits per heavy atom. The molecule has 3 rings (SSSR count). The maximum atomic E-state index is 3.39. The fourth-order valence-corrected chi connectivity index (χ4v) is 2.68. The maximum absolute atomic E-state index is 3.39. The van der Waals surface area contributed by atoms with Gasteiger partial charge in [0, 0.05) is 41.9 Å². The van der Waals surface area contributed by atoms with Crippen LogP contribution < -0.4 is 10.2 Å². The first-order valence-corrected chi connectivity index (χ1v) is 6.36. The van der Waals surface area contributed by atoms with E-state index in [1.807, 2.05) is 6.20 Å². The van der Waals surface area contributed by atoms with Crippen molar-refractivity contribution in [2.24, 2.45) is 0 Å². The maximum Gasteiger partial charge on any atom is 0.0455 e. The fraction of sp³-hybridized carbons (Fsp3) is 0.429. The molecule has 1 aliphatic rings. The van der Waals surface area contributed by atoms with Gasteiger partial charge in [-0.25, -0.2) is 0 Å². The summed E-state index contributed by atoms with van der Waals surface area (Å²) in [5, 5.41) is 4.69. The second-order valence-corrected chi connectivity index (χ2v) is 4.82. The molecule has 0 saturated carbocycles. The Morgan fingerprint density at radius 2 is 2.29 bits per heavy atom. The number of rotatable bonds is 2. The fourth-order valence-electron chi connectivity index (χ4n) is 2.68. The van der Waals surface area contributed by atoms with Gasteiger partial charge in [0.15, 0.2) is 0 Å². The highest BCUT2D eigenvalue weighted by Gasteiger charge is 2.18. The monoisotopic (exact) mass is 229 g/mol. The summed E-state index contributed by atoms with van der Waals surface area (Å²) in [5.74, 6) is 0. The second-order valence-electron chi connectivity index (χ2n) is 4.82. The number of piperidine rings is 1. The van der Waals surface area contributed by atoms with Crippen LogP contribution in [0.4, 0.5) is 5.69 Å². The Morgan fingerprint density at radius 3 is 3.18 bits per heavy atom. The molecule has 2 aromatic rings. The summed E-state index contributed by atoms with van der Waals surface area (Å²) in [7, 11) is 2.06. The molecular weight excluding hydrogens is 210 g/mol. The number of hydrogen-bond acceptors (Lipinski definition) is 2. The molecule has 1 saturated heterocycles. The van der Waals surface area contributed by atoms with E-state index >= 15 is 0 Å². The smallest absolute Gasteiger partial charge is 0.0455 e. The average Bonchev–Trinajstić information content (AvgIpc) is 2.86. The minimum atomic E-state index is 0.630. The number of anilines is 1. The lowest BCUT2D eigenvalue weighted by atomic mass is 10.0. The minimum absolute atomic E-state index is 0.630. The zero-order chi connectivity index (χ0) is 11.7. The number of benzene rings is 1. The molecule has 90 valence electrons. The summed E-state index contributed by atoms with van der Waals surface area (Å²) in [6.07, 6.45) is 4.57. The van der Waals surface area contributed by atoms with E-state index in [1.165, 1.54) is 36.0 Å². The largest absolute Gasteiger partial charge is 0.370 e. The Hall–Kier alpha value is -1.48. The van der Waals surface area contributed by atoms with Crippen molar-refractivity contribution in [3.05, 3.63) is 30.5 Å². The molecule has 1 unspecified atom stereocenters. The van der Waals surface area contributed by atoms with Crippen molar-refractivity contribution >= 4 is 16.6 Å². The first-order valence-electron chi connectivity index (χ1n) is 6.36. The highest BCUT2D eigenvalue weighted by atomic mass is 15.2. The standard InChI is InChI=1S/C14H19N3/c1-15-12-3-2-8-17(10-12)13-4-5-14-11(9-13)6-7-16-14/h4-7,9,12,15-16H,2-3,8,10H2,1H3. The number of likely N-dealkylation sites (N-methyl/N-ethyl adjacent to an activating group) is 1. The molecule has 0 bridgehead atoms. The number of nitrogens with one attached hydrogen (secondary N) is 2. The lowest BCUT2D eigenvalue weighted by molar-refractivity contribution is 0.450. The van der Waals surface area contributed by atoms with Crippen molar-refractivity contribution in [2.75, 3.05) is 25.0 Å². The van der Waals surface area contributed by atoms with Gasteiger partial charge in [0.05, 0.1) is 0 Å². The summed E-state index contributed by atoms with van der Waals surface area (Å²) in [6, 6.07) is 9.44. The van der Waals surface area contributed by atoms with Crippen LogP contribution in [0.2, 0.25) is 0 Å². The van der Waals surface area contributed by atoms with Crippen LogP contribution in [0.15, 0.2) is 30.5 Å². The lowest BCUT2D eigenvalue weighted by Crippen LogP contribution is -2.44. The molecule has 0 radical (unpaired) electrons. The van der Waals surface area contributed by atoms with Gasteiger partial charge >= 0.3 is 0 Å². The normalized spacial score (nSPS) is 21.0. The predicted molar refractivity (Wildman–Crippen MR) is 72.6 cm³/mol. The Balaban J connectivity index is 1.86. The molecule has 17 heavy (non-hydrogen) atoms. The van der Waals surface area contributed by atoms with Gasteiger partial charge in [-0.3, -0.25) is 0 Å². The Bertz CT molecular complexity index is 503. The predicted octanol–water partition coefficient (Wildman–Crippen LogP) is 2.36. The van der Waals surface area contributed by atoms with Gasteiger partial charge in [-0.05, 0) is 44.2 Å². The zero-order valence-corrected chi connectivity index (χ0v) is 10.2. The average molecular weight is 229 g/mol. The Kier molecular flexibility index (Phi) is 2.77. The summed E-state index contributed by atoms with van der Waals surface area (Å²) in [4.78, 5) is 5.72. The molecule has 2 heterocycles. The number of nitrogens with zero attached hydrogens (tertiary/aromatic N) is 1. The quantitative estimate of drug-likeness (QED) is 0.828. The van der Waals surface area contributed by atoms with Gasteiger partial charge in [0.25, 0.3) is 0 Å². The third kappa shape index (κ3) is 2.03. The molecule has 0 spiro atoms. The van der Waals surface area contributed by atoms with Crippen molar-refractivity contribution in [3.8, 4) is 0 Å². The molecule has 1 fully saturated rings. The van der Waals surface area contributed by atoms with Crippen LogP contribution in [0, 0.1) is 0 Å². The van der Waals surface area contributed by atoms with E-state index in [1.54, 1.807) is 0 Å². The van der Waals surface area contributed by atoms with E-state index in [0.29, 0.717) is 6.04 Å². The minimum Gasteiger partial charge on any atom is -0.370 e. The molecule has 1 aromatic heterocycles. The summed E-state index contributed by atoms with van der Waals surface area (Å²) >= 11 is 0. The molecule has 0 amide bonds. The molecule has 3 heteroatoms. The number of fused-ring (bicyclic) bond motifs is 1. The molecular formula is C14H19N3. The van der Waals surface area contributed by atoms with Crippen LogP contribution >= 0.6 is 0 Å². The van der Waals surface area contributed by atoms with Gasteiger partial charge < -0.3 is 15.2 Å². The van der Waals surface area contributed by atoms with Crippen molar-refractivity contribution < 1.29 is 0 Å². The van der Waals surface area contributed by atoms with Gasteiger partial charge in [0.2, 0.25) is 0 Å². The van der Waals surface area contributed by atoms with E-state index < -0.39 is 0 Å². The lowest BCUT2D eigenvalue weighted by Gasteiger charge is -2.34. The molecule has 1 aromatic carbocycles. The highest BCUT2D eigenvalue weighted by Crippen LogP contribution is 2.24. The summed E-state index contributed by atoms with van der Waals surface area (Å²) in [5.41, 5.74) is 2.56. The summed E-state index contributed by atoms with van der Waals surface area (Å²) in [6.45, 7) is 2.29. The zero-order valence-electron chi connectivity index (χ0n) is 10.2. The number of aromatic amines is 1. The van der Waals surface area contributed by atoms with Crippen molar-refractivity contribution in [3.63, 3.8) is 0 Å². The van der Waals surface area contributed by atoms with Crippen LogP contribution in [0.3, 0.4) is 0 Å². The van der Waals surface area contributed by atoms with Gasteiger partial charge in [0.1, 0.15) is 0 Å². The number of hydrogen-bond donors (Lipinski definition) is 2. The van der Waals surface area contributed by atoms with E-state index in [4.69, 9.17) is 0 Å². The van der Waals surface area contributed by atoms with Crippen molar-refractivity contribution in [2.45, 2.75) is 18.9 Å². The molecule has 2 N–H and O–H groups in total. The first-order chi connectivity index (χ1) is 8.36. The molecule has 3 nitrogen and oxygen atoms in total. The summed E-state index contributed by atoms with van der Waals surface area (Å²) < 4.78 is 0. The van der Waals surface area contributed by atoms with E-state index in [9.17, 15) is 0 Å². The van der Waals surface area contributed by atoms with Crippen LogP contribution in [0.25, 0.3) is 10.9 Å². The molecule has 1 atom stereocenters. The van der Waals surface area contributed by atoms with Crippen molar-refractivity contribution in [1.29, 1.82) is 0 Å². The van der Waals surface area contributed by atoms with Gasteiger partial charge in [-0.15, -0.1) is 0 Å². The highest BCUT2D eigenvalue weighted by molar-refractivity contribution is 5.83.